The van der Waals surface area contributed by atoms with Crippen LogP contribution in [0.2, 0.25) is 0 Å². The standard InChI is InChI=1S/C19H31N/c1-15-7-6-8-16(11-15)9-10-20-17-12-18(2,3)14-19(4,5)13-17/h6-8,11,17,20H,9-10,12-14H2,1-5H3. The van der Waals surface area contributed by atoms with Gasteiger partial charge in [0.1, 0.15) is 0 Å². The van der Waals surface area contributed by atoms with Crippen molar-refractivity contribution in [3.63, 3.8) is 0 Å². The number of rotatable bonds is 4. The molecule has 1 aromatic rings. The highest BCUT2D eigenvalue weighted by Crippen LogP contribution is 2.45. The lowest BCUT2D eigenvalue weighted by Gasteiger charge is -2.45. The van der Waals surface area contributed by atoms with E-state index in [1.54, 1.807) is 0 Å². The molecule has 0 heterocycles. The van der Waals surface area contributed by atoms with Crippen molar-refractivity contribution in [1.29, 1.82) is 0 Å². The second-order valence-electron chi connectivity index (χ2n) is 8.30. The van der Waals surface area contributed by atoms with Gasteiger partial charge in [0.15, 0.2) is 0 Å². The molecule has 0 atom stereocenters. The first-order valence-corrected chi connectivity index (χ1v) is 8.05. The second kappa shape index (κ2) is 5.89. The third-order valence-corrected chi connectivity index (χ3v) is 4.48. The van der Waals surface area contributed by atoms with E-state index in [0.717, 1.165) is 13.0 Å². The molecule has 1 fully saturated rings. The lowest BCUT2D eigenvalue weighted by Crippen LogP contribution is -2.44. The van der Waals surface area contributed by atoms with Crippen LogP contribution < -0.4 is 5.32 Å². The summed E-state index contributed by atoms with van der Waals surface area (Å²) in [5, 5.41) is 3.80. The minimum Gasteiger partial charge on any atom is -0.314 e. The molecule has 1 aliphatic rings. The molecule has 0 bridgehead atoms. The maximum atomic E-state index is 3.80. The fraction of sp³-hybridized carbons (Fsp3) is 0.684. The maximum absolute atomic E-state index is 3.80. The van der Waals surface area contributed by atoms with Gasteiger partial charge >= 0.3 is 0 Å². The molecule has 1 nitrogen and oxygen atoms in total. The molecule has 112 valence electrons. The van der Waals surface area contributed by atoms with E-state index in [0.29, 0.717) is 16.9 Å². The molecule has 1 aliphatic carbocycles. The number of aryl methyl sites for hydroxylation is 1. The first-order valence-electron chi connectivity index (χ1n) is 8.05. The Bertz CT molecular complexity index is 429. The van der Waals surface area contributed by atoms with Crippen molar-refractivity contribution in [3.8, 4) is 0 Å². The molecule has 1 saturated carbocycles. The Balaban J connectivity index is 1.84. The Morgan fingerprint density at radius 3 is 2.35 bits per heavy atom. The third kappa shape index (κ3) is 4.63. The van der Waals surface area contributed by atoms with Crippen molar-refractivity contribution >= 4 is 0 Å². The lowest BCUT2D eigenvalue weighted by molar-refractivity contribution is 0.0854. The zero-order chi connectivity index (χ0) is 14.8. The van der Waals surface area contributed by atoms with Gasteiger partial charge in [-0.05, 0) is 55.5 Å². The molecule has 2 rings (SSSR count). The van der Waals surface area contributed by atoms with Crippen LogP contribution in [0.1, 0.15) is 58.1 Å². The van der Waals surface area contributed by atoms with Crippen LogP contribution in [-0.4, -0.2) is 12.6 Å². The number of hydrogen-bond donors (Lipinski definition) is 1. The van der Waals surface area contributed by atoms with Gasteiger partial charge in [-0.1, -0.05) is 57.5 Å². The fourth-order valence-corrected chi connectivity index (χ4v) is 4.28. The van der Waals surface area contributed by atoms with Gasteiger partial charge in [0.2, 0.25) is 0 Å². The minimum absolute atomic E-state index is 0.475. The van der Waals surface area contributed by atoms with E-state index in [1.807, 2.05) is 0 Å². The van der Waals surface area contributed by atoms with Gasteiger partial charge in [-0.25, -0.2) is 0 Å². The SMILES string of the molecule is Cc1cccc(CCNC2CC(C)(C)CC(C)(C)C2)c1. The molecule has 0 saturated heterocycles. The summed E-state index contributed by atoms with van der Waals surface area (Å²) in [6.07, 6.45) is 5.10. The molecule has 20 heavy (non-hydrogen) atoms. The molecule has 0 unspecified atom stereocenters. The minimum atomic E-state index is 0.475. The first-order chi connectivity index (χ1) is 9.26. The summed E-state index contributed by atoms with van der Waals surface area (Å²) in [4.78, 5) is 0. The van der Waals surface area contributed by atoms with Crippen molar-refractivity contribution in [1.82, 2.24) is 5.32 Å². The Hall–Kier alpha value is -0.820. The van der Waals surface area contributed by atoms with Crippen molar-refractivity contribution in [2.45, 2.75) is 66.3 Å². The average molecular weight is 273 g/mol. The van der Waals surface area contributed by atoms with Crippen LogP contribution in [0.5, 0.6) is 0 Å². The zero-order valence-electron chi connectivity index (χ0n) is 13.9. The van der Waals surface area contributed by atoms with Crippen LogP contribution >= 0.6 is 0 Å². The van der Waals surface area contributed by atoms with E-state index in [1.165, 1.54) is 30.4 Å². The van der Waals surface area contributed by atoms with E-state index in [9.17, 15) is 0 Å². The Morgan fingerprint density at radius 2 is 1.75 bits per heavy atom. The topological polar surface area (TPSA) is 12.0 Å². The van der Waals surface area contributed by atoms with Crippen molar-refractivity contribution in [2.75, 3.05) is 6.54 Å². The fourth-order valence-electron chi connectivity index (χ4n) is 4.28. The Labute approximate surface area is 125 Å². The smallest absolute Gasteiger partial charge is 0.00773 e. The number of hydrogen-bond acceptors (Lipinski definition) is 1. The highest BCUT2D eigenvalue weighted by atomic mass is 14.9. The summed E-state index contributed by atoms with van der Waals surface area (Å²) in [5.41, 5.74) is 3.76. The van der Waals surface area contributed by atoms with Crippen LogP contribution in [0.25, 0.3) is 0 Å². The summed E-state index contributed by atoms with van der Waals surface area (Å²) >= 11 is 0. The average Bonchev–Trinajstić information content (AvgIpc) is 2.24. The normalized spacial score (nSPS) is 21.9. The van der Waals surface area contributed by atoms with Crippen molar-refractivity contribution in [2.24, 2.45) is 10.8 Å². The summed E-state index contributed by atoms with van der Waals surface area (Å²) in [7, 11) is 0. The highest BCUT2D eigenvalue weighted by Gasteiger charge is 2.37. The van der Waals surface area contributed by atoms with Crippen molar-refractivity contribution < 1.29 is 0 Å². The Morgan fingerprint density at radius 1 is 1.10 bits per heavy atom. The summed E-state index contributed by atoms with van der Waals surface area (Å²) < 4.78 is 0. The molecule has 0 radical (unpaired) electrons. The van der Waals surface area contributed by atoms with E-state index in [2.05, 4.69) is 64.2 Å². The highest BCUT2D eigenvalue weighted by molar-refractivity contribution is 5.22. The van der Waals surface area contributed by atoms with Gasteiger partial charge < -0.3 is 5.32 Å². The van der Waals surface area contributed by atoms with Gasteiger partial charge in [-0.15, -0.1) is 0 Å². The molecule has 0 aromatic heterocycles. The Kier molecular flexibility index (Phi) is 4.59. The quantitative estimate of drug-likeness (QED) is 0.836. The van der Waals surface area contributed by atoms with Gasteiger partial charge in [0.05, 0.1) is 0 Å². The molecular weight excluding hydrogens is 242 g/mol. The molecule has 1 N–H and O–H groups in total. The van der Waals surface area contributed by atoms with Gasteiger partial charge in [-0.2, -0.15) is 0 Å². The van der Waals surface area contributed by atoms with Crippen LogP contribution in [0.3, 0.4) is 0 Å². The van der Waals surface area contributed by atoms with Gasteiger partial charge in [-0.3, -0.25) is 0 Å². The van der Waals surface area contributed by atoms with E-state index < -0.39 is 0 Å². The summed E-state index contributed by atoms with van der Waals surface area (Å²) in [6.45, 7) is 12.9. The first kappa shape index (κ1) is 15.6. The van der Waals surface area contributed by atoms with Crippen LogP contribution in [0.15, 0.2) is 24.3 Å². The van der Waals surface area contributed by atoms with Crippen LogP contribution in [0, 0.1) is 17.8 Å². The number of nitrogens with one attached hydrogen (secondary N) is 1. The van der Waals surface area contributed by atoms with Gasteiger partial charge in [0, 0.05) is 6.04 Å². The lowest BCUT2D eigenvalue weighted by atomic mass is 9.63. The van der Waals surface area contributed by atoms with Crippen molar-refractivity contribution in [3.05, 3.63) is 35.4 Å². The molecule has 0 aliphatic heterocycles. The van der Waals surface area contributed by atoms with Gasteiger partial charge in [0.25, 0.3) is 0 Å². The molecule has 0 amide bonds. The van der Waals surface area contributed by atoms with E-state index >= 15 is 0 Å². The second-order valence-corrected chi connectivity index (χ2v) is 8.30. The van der Waals surface area contributed by atoms with Crippen LogP contribution in [0.4, 0.5) is 0 Å². The molecule has 1 aromatic carbocycles. The third-order valence-electron chi connectivity index (χ3n) is 4.48. The van der Waals surface area contributed by atoms with E-state index in [4.69, 9.17) is 0 Å². The zero-order valence-corrected chi connectivity index (χ0v) is 13.9. The largest absolute Gasteiger partial charge is 0.314 e. The summed E-state index contributed by atoms with van der Waals surface area (Å²) in [5.74, 6) is 0. The monoisotopic (exact) mass is 273 g/mol. The molecule has 0 spiro atoms. The summed E-state index contributed by atoms with van der Waals surface area (Å²) in [6, 6.07) is 9.55. The van der Waals surface area contributed by atoms with E-state index in [-0.39, 0.29) is 0 Å². The van der Waals surface area contributed by atoms with Crippen LogP contribution in [-0.2, 0) is 6.42 Å². The predicted octanol–water partition coefficient (Wildman–Crippen LogP) is 4.73. The maximum Gasteiger partial charge on any atom is 0.00773 e. The molecule has 1 heteroatoms. The predicted molar refractivity (Wildman–Crippen MR) is 88.1 cm³/mol. The molecular formula is C19H31N. The number of benzene rings is 1.